The minimum absolute atomic E-state index is 0.0382. The molecule has 0 saturated heterocycles. The number of halogens is 1. The number of rotatable bonds is 8. The first-order valence-corrected chi connectivity index (χ1v) is 7.93. The van der Waals surface area contributed by atoms with Crippen molar-refractivity contribution in [2.24, 2.45) is 11.1 Å². The predicted octanol–water partition coefficient (Wildman–Crippen LogP) is 3.55. The van der Waals surface area contributed by atoms with Gasteiger partial charge in [-0.15, -0.1) is 0 Å². The number of nitro groups is 1. The summed E-state index contributed by atoms with van der Waals surface area (Å²) >= 11 is 3.22. The molecule has 5 nitrogen and oxygen atoms in total. The summed E-state index contributed by atoms with van der Waals surface area (Å²) in [5.41, 5.74) is 6.91. The molecule has 21 heavy (non-hydrogen) atoms. The molecule has 0 aliphatic heterocycles. The zero-order valence-corrected chi connectivity index (χ0v) is 14.5. The maximum absolute atomic E-state index is 11.0. The van der Waals surface area contributed by atoms with Crippen LogP contribution in [0, 0.1) is 15.5 Å². The molecule has 2 N–H and O–H groups in total. The Kier molecular flexibility index (Phi) is 6.77. The first-order valence-electron chi connectivity index (χ1n) is 7.14. The van der Waals surface area contributed by atoms with Crippen molar-refractivity contribution in [3.8, 4) is 0 Å². The fourth-order valence-corrected chi connectivity index (χ4v) is 2.65. The lowest BCUT2D eigenvalue weighted by Gasteiger charge is -2.31. The van der Waals surface area contributed by atoms with E-state index >= 15 is 0 Å². The quantitative estimate of drug-likeness (QED) is 0.570. The predicted molar refractivity (Wildman–Crippen MR) is 89.2 cm³/mol. The molecule has 0 radical (unpaired) electrons. The van der Waals surface area contributed by atoms with E-state index in [0.717, 1.165) is 25.1 Å². The van der Waals surface area contributed by atoms with Crippen molar-refractivity contribution in [1.82, 2.24) is 4.90 Å². The first kappa shape index (κ1) is 18.1. The average molecular weight is 358 g/mol. The molecule has 0 bridgehead atoms. The molecule has 118 valence electrons. The number of nitrogens with two attached hydrogens (primary N) is 1. The molecule has 6 heteroatoms. The minimum Gasteiger partial charge on any atom is -0.330 e. The van der Waals surface area contributed by atoms with Crippen molar-refractivity contribution in [3.05, 3.63) is 38.3 Å². The molecule has 0 saturated carbocycles. The molecular formula is C15H24BrN3O2. The van der Waals surface area contributed by atoms with Gasteiger partial charge in [0.2, 0.25) is 0 Å². The van der Waals surface area contributed by atoms with Crippen LogP contribution in [0.3, 0.4) is 0 Å². The summed E-state index contributed by atoms with van der Waals surface area (Å²) in [5, 5.41) is 11.0. The van der Waals surface area contributed by atoms with E-state index in [0.29, 0.717) is 17.6 Å². The van der Waals surface area contributed by atoms with Gasteiger partial charge in [0.15, 0.2) is 0 Å². The molecule has 0 spiro atoms. The van der Waals surface area contributed by atoms with Crippen LogP contribution in [0.5, 0.6) is 0 Å². The third kappa shape index (κ3) is 5.73. The van der Waals surface area contributed by atoms with Crippen molar-refractivity contribution in [2.75, 3.05) is 19.6 Å². The Balaban J connectivity index is 2.89. The van der Waals surface area contributed by atoms with Gasteiger partial charge in [0.25, 0.3) is 5.69 Å². The van der Waals surface area contributed by atoms with Gasteiger partial charge in [-0.2, -0.15) is 0 Å². The van der Waals surface area contributed by atoms with Crippen LogP contribution in [0.4, 0.5) is 5.69 Å². The van der Waals surface area contributed by atoms with Gasteiger partial charge in [-0.05, 0) is 52.5 Å². The summed E-state index contributed by atoms with van der Waals surface area (Å²) in [6, 6.07) is 5.31. The third-order valence-corrected chi connectivity index (χ3v) is 4.03. The molecular weight excluding hydrogens is 334 g/mol. The molecule has 0 fully saturated rings. The second-order valence-corrected chi connectivity index (χ2v) is 6.98. The van der Waals surface area contributed by atoms with E-state index in [-0.39, 0.29) is 16.0 Å². The normalized spacial score (nSPS) is 11.9. The van der Waals surface area contributed by atoms with E-state index in [4.69, 9.17) is 5.73 Å². The number of nitro benzene ring substituents is 1. The van der Waals surface area contributed by atoms with Crippen molar-refractivity contribution in [1.29, 1.82) is 0 Å². The highest BCUT2D eigenvalue weighted by Gasteiger charge is 2.21. The molecule has 0 aromatic heterocycles. The molecule has 0 amide bonds. The van der Waals surface area contributed by atoms with Crippen LogP contribution in [-0.2, 0) is 6.54 Å². The van der Waals surface area contributed by atoms with Gasteiger partial charge in [-0.25, -0.2) is 0 Å². The van der Waals surface area contributed by atoms with Crippen LogP contribution in [0.25, 0.3) is 0 Å². The first-order chi connectivity index (χ1) is 9.79. The second-order valence-electron chi connectivity index (χ2n) is 6.12. The molecule has 1 rings (SSSR count). The molecule has 1 aromatic carbocycles. The zero-order chi connectivity index (χ0) is 16.0. The van der Waals surface area contributed by atoms with E-state index < -0.39 is 0 Å². The van der Waals surface area contributed by atoms with Crippen LogP contribution in [0.1, 0.15) is 32.8 Å². The SMILES string of the molecule is CCCN(Cc1ccc(Br)c([N+](=O)[O-])c1)CC(C)(C)CN. The van der Waals surface area contributed by atoms with Crippen molar-refractivity contribution in [2.45, 2.75) is 33.7 Å². The van der Waals surface area contributed by atoms with E-state index in [2.05, 4.69) is 41.6 Å². The maximum Gasteiger partial charge on any atom is 0.283 e. The van der Waals surface area contributed by atoms with Crippen molar-refractivity contribution >= 4 is 21.6 Å². The number of benzene rings is 1. The zero-order valence-electron chi connectivity index (χ0n) is 12.9. The van der Waals surface area contributed by atoms with Crippen LogP contribution in [0.15, 0.2) is 22.7 Å². The number of hydrogen-bond donors (Lipinski definition) is 1. The van der Waals surface area contributed by atoms with Gasteiger partial charge in [-0.1, -0.05) is 26.8 Å². The Labute approximate surface area is 134 Å². The molecule has 0 aliphatic carbocycles. The molecule has 1 aromatic rings. The second kappa shape index (κ2) is 7.87. The Morgan fingerprint density at radius 2 is 2.10 bits per heavy atom. The minimum atomic E-state index is -0.360. The Hall–Kier alpha value is -0.980. The Bertz CT molecular complexity index is 492. The summed E-state index contributed by atoms with van der Waals surface area (Å²) in [6.07, 6.45) is 1.04. The lowest BCUT2D eigenvalue weighted by atomic mass is 9.93. The van der Waals surface area contributed by atoms with E-state index in [9.17, 15) is 10.1 Å². The van der Waals surface area contributed by atoms with E-state index in [1.807, 2.05) is 6.07 Å². The summed E-state index contributed by atoms with van der Waals surface area (Å²) in [4.78, 5) is 13.0. The number of hydrogen-bond acceptors (Lipinski definition) is 4. The van der Waals surface area contributed by atoms with Crippen LogP contribution < -0.4 is 5.73 Å². The fourth-order valence-electron chi connectivity index (χ4n) is 2.25. The standard InChI is InChI=1S/C15H24BrN3O2/c1-4-7-18(11-15(2,3)10-17)9-12-5-6-13(16)14(8-12)19(20)21/h5-6,8H,4,7,9-11,17H2,1-3H3. The largest absolute Gasteiger partial charge is 0.330 e. The average Bonchev–Trinajstić information content (AvgIpc) is 2.40. The lowest BCUT2D eigenvalue weighted by molar-refractivity contribution is -0.385. The topological polar surface area (TPSA) is 72.4 Å². The van der Waals surface area contributed by atoms with Gasteiger partial charge >= 0.3 is 0 Å². The van der Waals surface area contributed by atoms with Gasteiger partial charge in [-0.3, -0.25) is 15.0 Å². The summed E-state index contributed by atoms with van der Waals surface area (Å²) in [7, 11) is 0. The lowest BCUT2D eigenvalue weighted by Crippen LogP contribution is -2.38. The van der Waals surface area contributed by atoms with E-state index in [1.54, 1.807) is 12.1 Å². The third-order valence-electron chi connectivity index (χ3n) is 3.36. The van der Waals surface area contributed by atoms with Crippen LogP contribution >= 0.6 is 15.9 Å². The fraction of sp³-hybridized carbons (Fsp3) is 0.600. The summed E-state index contributed by atoms with van der Waals surface area (Å²) in [5.74, 6) is 0. The summed E-state index contributed by atoms with van der Waals surface area (Å²) < 4.78 is 0.514. The van der Waals surface area contributed by atoms with Gasteiger partial charge in [0.1, 0.15) is 0 Å². The highest BCUT2D eigenvalue weighted by molar-refractivity contribution is 9.10. The van der Waals surface area contributed by atoms with Gasteiger partial charge in [0.05, 0.1) is 9.40 Å². The van der Waals surface area contributed by atoms with Crippen molar-refractivity contribution < 1.29 is 4.92 Å². The van der Waals surface area contributed by atoms with Crippen LogP contribution in [-0.4, -0.2) is 29.5 Å². The molecule has 0 unspecified atom stereocenters. The Morgan fingerprint density at radius 3 is 2.62 bits per heavy atom. The highest BCUT2D eigenvalue weighted by Crippen LogP contribution is 2.26. The number of nitrogens with zero attached hydrogens (tertiary/aromatic N) is 2. The monoisotopic (exact) mass is 357 g/mol. The molecule has 0 aliphatic rings. The highest BCUT2D eigenvalue weighted by atomic mass is 79.9. The van der Waals surface area contributed by atoms with E-state index in [1.165, 1.54) is 0 Å². The molecule has 0 atom stereocenters. The van der Waals surface area contributed by atoms with Crippen LogP contribution in [0.2, 0.25) is 0 Å². The molecule has 0 heterocycles. The Morgan fingerprint density at radius 1 is 1.43 bits per heavy atom. The summed E-state index contributed by atoms with van der Waals surface area (Å²) in [6.45, 7) is 9.56. The van der Waals surface area contributed by atoms with Gasteiger partial charge < -0.3 is 5.73 Å². The van der Waals surface area contributed by atoms with Gasteiger partial charge in [0, 0.05) is 19.2 Å². The maximum atomic E-state index is 11.0. The van der Waals surface area contributed by atoms with Crippen molar-refractivity contribution in [3.63, 3.8) is 0 Å². The smallest absolute Gasteiger partial charge is 0.283 e.